The fourth-order valence-electron chi connectivity index (χ4n) is 2.03. The van der Waals surface area contributed by atoms with Gasteiger partial charge in [0.25, 0.3) is 0 Å². The van der Waals surface area contributed by atoms with Gasteiger partial charge in [0.15, 0.2) is 0 Å². The van der Waals surface area contributed by atoms with Crippen LogP contribution in [-0.4, -0.2) is 30.3 Å². The predicted molar refractivity (Wildman–Crippen MR) is 66.0 cm³/mol. The van der Waals surface area contributed by atoms with Crippen molar-refractivity contribution in [1.29, 1.82) is 0 Å². The first-order valence-corrected chi connectivity index (χ1v) is 6.04. The molecule has 3 nitrogen and oxygen atoms in total. The van der Waals surface area contributed by atoms with Crippen LogP contribution in [0.5, 0.6) is 0 Å². The molecule has 2 rings (SSSR count). The molecule has 1 aliphatic heterocycles. The largest absolute Gasteiger partial charge is 0.377 e. The monoisotopic (exact) mass is 240 g/mol. The third kappa shape index (κ3) is 2.15. The molecular formula is C12H17ClN2O. The predicted octanol–water partition coefficient (Wildman–Crippen LogP) is 2.44. The molecule has 1 fully saturated rings. The van der Waals surface area contributed by atoms with E-state index in [1.54, 1.807) is 0 Å². The van der Waals surface area contributed by atoms with Crippen molar-refractivity contribution < 1.29 is 4.74 Å². The number of morpholine rings is 1. The average molecular weight is 241 g/mol. The maximum Gasteiger partial charge on any atom is 0.133 e. The van der Waals surface area contributed by atoms with Gasteiger partial charge < -0.3 is 9.64 Å². The number of rotatable bonds is 2. The first-order chi connectivity index (χ1) is 7.65. The molecule has 4 heteroatoms. The minimum Gasteiger partial charge on any atom is -0.377 e. The highest BCUT2D eigenvalue weighted by molar-refractivity contribution is 6.17. The SMILES string of the molecule is CC1(C)COCCN1c1ncccc1CCl. The fourth-order valence-corrected chi connectivity index (χ4v) is 2.24. The van der Waals surface area contributed by atoms with E-state index in [1.807, 2.05) is 18.3 Å². The molecule has 1 aromatic rings. The van der Waals surface area contributed by atoms with Crippen LogP contribution < -0.4 is 4.90 Å². The van der Waals surface area contributed by atoms with E-state index in [9.17, 15) is 0 Å². The summed E-state index contributed by atoms with van der Waals surface area (Å²) in [5.74, 6) is 1.49. The third-order valence-electron chi connectivity index (χ3n) is 2.91. The lowest BCUT2D eigenvalue weighted by atomic mass is 10.0. The van der Waals surface area contributed by atoms with E-state index < -0.39 is 0 Å². The van der Waals surface area contributed by atoms with Crippen molar-refractivity contribution in [2.75, 3.05) is 24.7 Å². The summed E-state index contributed by atoms with van der Waals surface area (Å²) in [6.45, 7) is 6.68. The number of hydrogen-bond acceptors (Lipinski definition) is 3. The molecule has 0 spiro atoms. The molecule has 0 N–H and O–H groups in total. The molecule has 2 heterocycles. The smallest absolute Gasteiger partial charge is 0.133 e. The van der Waals surface area contributed by atoms with Gasteiger partial charge in [-0.25, -0.2) is 4.98 Å². The lowest BCUT2D eigenvalue weighted by molar-refractivity contribution is 0.0638. The molecule has 1 aromatic heterocycles. The molecule has 0 aromatic carbocycles. The van der Waals surface area contributed by atoms with Crippen LogP contribution in [-0.2, 0) is 10.6 Å². The summed E-state index contributed by atoms with van der Waals surface area (Å²) < 4.78 is 5.51. The molecule has 88 valence electrons. The molecule has 0 unspecified atom stereocenters. The summed E-state index contributed by atoms with van der Waals surface area (Å²) in [6, 6.07) is 3.95. The van der Waals surface area contributed by atoms with Gasteiger partial charge in [-0.15, -0.1) is 11.6 Å². The first-order valence-electron chi connectivity index (χ1n) is 5.50. The van der Waals surface area contributed by atoms with Crippen LogP contribution in [0.25, 0.3) is 0 Å². The van der Waals surface area contributed by atoms with Gasteiger partial charge in [-0.1, -0.05) is 6.07 Å². The zero-order valence-corrected chi connectivity index (χ0v) is 10.5. The second-order valence-corrected chi connectivity index (χ2v) is 4.90. The Bertz CT molecular complexity index is 368. The highest BCUT2D eigenvalue weighted by Gasteiger charge is 2.32. The first kappa shape index (κ1) is 11.7. The lowest BCUT2D eigenvalue weighted by Gasteiger charge is -2.43. The zero-order valence-electron chi connectivity index (χ0n) is 9.74. The summed E-state index contributed by atoms with van der Waals surface area (Å²) in [7, 11) is 0. The molecule has 0 aliphatic carbocycles. The molecule has 0 radical (unpaired) electrons. The van der Waals surface area contributed by atoms with E-state index in [-0.39, 0.29) is 5.54 Å². The van der Waals surface area contributed by atoms with Gasteiger partial charge in [-0.2, -0.15) is 0 Å². The summed E-state index contributed by atoms with van der Waals surface area (Å²) in [4.78, 5) is 6.74. The van der Waals surface area contributed by atoms with Crippen molar-refractivity contribution >= 4 is 17.4 Å². The van der Waals surface area contributed by atoms with E-state index >= 15 is 0 Å². The minimum atomic E-state index is -0.0204. The van der Waals surface area contributed by atoms with Gasteiger partial charge in [0.05, 0.1) is 24.6 Å². The Hall–Kier alpha value is -0.800. The highest BCUT2D eigenvalue weighted by Crippen LogP contribution is 2.28. The van der Waals surface area contributed by atoms with Crippen LogP contribution >= 0.6 is 11.6 Å². The van der Waals surface area contributed by atoms with E-state index in [0.29, 0.717) is 5.88 Å². The third-order valence-corrected chi connectivity index (χ3v) is 3.20. The Kier molecular flexibility index (Phi) is 3.36. The van der Waals surface area contributed by atoms with Crippen molar-refractivity contribution in [2.45, 2.75) is 25.3 Å². The van der Waals surface area contributed by atoms with Gasteiger partial charge in [0.2, 0.25) is 0 Å². The Morgan fingerprint density at radius 3 is 3.06 bits per heavy atom. The number of pyridine rings is 1. The second-order valence-electron chi connectivity index (χ2n) is 4.64. The van der Waals surface area contributed by atoms with Gasteiger partial charge in [-0.3, -0.25) is 0 Å². The summed E-state index contributed by atoms with van der Waals surface area (Å²) in [6.07, 6.45) is 1.82. The number of alkyl halides is 1. The van der Waals surface area contributed by atoms with Gasteiger partial charge in [-0.05, 0) is 19.9 Å². The number of nitrogens with zero attached hydrogens (tertiary/aromatic N) is 2. The highest BCUT2D eigenvalue weighted by atomic mass is 35.5. The minimum absolute atomic E-state index is 0.0204. The molecule has 0 atom stereocenters. The van der Waals surface area contributed by atoms with Crippen LogP contribution in [0.3, 0.4) is 0 Å². The standard InChI is InChI=1S/C12H17ClN2O/c1-12(2)9-16-7-6-15(12)11-10(8-13)4-3-5-14-11/h3-5H,6-9H2,1-2H3. The molecule has 1 saturated heterocycles. The molecule has 1 aliphatic rings. The molecule has 0 bridgehead atoms. The number of aromatic nitrogens is 1. The second kappa shape index (κ2) is 4.60. The molecular weight excluding hydrogens is 224 g/mol. The number of anilines is 1. The number of hydrogen-bond donors (Lipinski definition) is 0. The van der Waals surface area contributed by atoms with Gasteiger partial charge in [0, 0.05) is 18.3 Å². The molecule has 16 heavy (non-hydrogen) atoms. The average Bonchev–Trinajstić information content (AvgIpc) is 2.28. The van der Waals surface area contributed by atoms with Crippen molar-refractivity contribution in [1.82, 2.24) is 4.98 Å². The normalized spacial score (nSPS) is 19.8. The van der Waals surface area contributed by atoms with E-state index in [2.05, 4.69) is 23.7 Å². The topological polar surface area (TPSA) is 25.4 Å². The molecule has 0 saturated carbocycles. The summed E-state index contributed by atoms with van der Waals surface area (Å²) >= 11 is 5.95. The number of ether oxygens (including phenoxy) is 1. The van der Waals surface area contributed by atoms with E-state index in [1.165, 1.54) is 0 Å². The van der Waals surface area contributed by atoms with Crippen LogP contribution in [0.1, 0.15) is 19.4 Å². The van der Waals surface area contributed by atoms with Crippen molar-refractivity contribution in [3.63, 3.8) is 0 Å². The maximum absolute atomic E-state index is 5.95. The Labute approximate surface area is 101 Å². The lowest BCUT2D eigenvalue weighted by Crippen LogP contribution is -2.53. The van der Waals surface area contributed by atoms with Crippen LogP contribution in [0.15, 0.2) is 18.3 Å². The van der Waals surface area contributed by atoms with Gasteiger partial charge in [0.1, 0.15) is 5.82 Å². The van der Waals surface area contributed by atoms with E-state index in [4.69, 9.17) is 16.3 Å². The van der Waals surface area contributed by atoms with Crippen molar-refractivity contribution in [3.05, 3.63) is 23.9 Å². The number of halogens is 1. The molecule has 0 amide bonds. The fraction of sp³-hybridized carbons (Fsp3) is 0.583. The zero-order chi connectivity index (χ0) is 11.6. The maximum atomic E-state index is 5.95. The summed E-state index contributed by atoms with van der Waals surface area (Å²) in [5, 5.41) is 0. The van der Waals surface area contributed by atoms with E-state index in [0.717, 1.165) is 31.1 Å². The van der Waals surface area contributed by atoms with Crippen molar-refractivity contribution in [3.8, 4) is 0 Å². The van der Waals surface area contributed by atoms with Crippen LogP contribution in [0, 0.1) is 0 Å². The Balaban J connectivity index is 2.34. The van der Waals surface area contributed by atoms with Crippen LogP contribution in [0.2, 0.25) is 0 Å². The quantitative estimate of drug-likeness (QED) is 0.743. The van der Waals surface area contributed by atoms with Gasteiger partial charge >= 0.3 is 0 Å². The summed E-state index contributed by atoms with van der Waals surface area (Å²) in [5.41, 5.74) is 1.06. The Morgan fingerprint density at radius 2 is 2.38 bits per heavy atom. The van der Waals surface area contributed by atoms with Crippen molar-refractivity contribution in [2.24, 2.45) is 0 Å². The Morgan fingerprint density at radius 1 is 1.56 bits per heavy atom. The van der Waals surface area contributed by atoms with Crippen LogP contribution in [0.4, 0.5) is 5.82 Å².